The van der Waals surface area contributed by atoms with Gasteiger partial charge in [-0.15, -0.1) is 0 Å². The molecule has 1 aromatic carbocycles. The van der Waals surface area contributed by atoms with E-state index in [1.54, 1.807) is 0 Å². The Hall–Kier alpha value is -0.835. The zero-order chi connectivity index (χ0) is 12.6. The van der Waals surface area contributed by atoms with Gasteiger partial charge in [0.05, 0.1) is 13.2 Å². The molecule has 0 aromatic heterocycles. The lowest BCUT2D eigenvalue weighted by molar-refractivity contribution is -0.123. The Kier molecular flexibility index (Phi) is 3.18. The minimum absolute atomic E-state index is 0.0577. The number of fused-ring (bicyclic) bond motifs is 2. The first kappa shape index (κ1) is 12.2. The minimum Gasteiger partial charge on any atom is -0.374 e. The van der Waals surface area contributed by atoms with E-state index < -0.39 is 0 Å². The van der Waals surface area contributed by atoms with Crippen molar-refractivity contribution in [2.45, 2.75) is 43.8 Å². The summed E-state index contributed by atoms with van der Waals surface area (Å²) in [6, 6.07) is 9.76. The zero-order valence-corrected chi connectivity index (χ0v) is 10.5. The van der Waals surface area contributed by atoms with E-state index in [9.17, 15) is 0 Å². The molecule has 2 radical (unpaired) electrons. The van der Waals surface area contributed by atoms with Crippen molar-refractivity contribution in [3.8, 4) is 0 Å². The highest BCUT2D eigenvalue weighted by atomic mass is 16.7. The normalized spacial score (nSPS) is 38.2. The summed E-state index contributed by atoms with van der Waals surface area (Å²) in [4.78, 5) is 0. The van der Waals surface area contributed by atoms with Crippen molar-refractivity contribution in [2.24, 2.45) is 0 Å². The number of hydrogen-bond acceptors (Lipinski definition) is 3. The van der Waals surface area contributed by atoms with Gasteiger partial charge in [-0.3, -0.25) is 0 Å². The van der Waals surface area contributed by atoms with Crippen LogP contribution in [0.4, 0.5) is 0 Å². The maximum absolute atomic E-state index is 6.01. The molecule has 0 aliphatic carbocycles. The van der Waals surface area contributed by atoms with Gasteiger partial charge in [-0.25, -0.2) is 0 Å². The average Bonchev–Trinajstić information content (AvgIpc) is 2.89. The third-order valence-electron chi connectivity index (χ3n) is 3.90. The molecule has 4 atom stereocenters. The molecule has 0 N–H and O–H groups in total. The van der Waals surface area contributed by atoms with Crippen LogP contribution in [0.2, 0.25) is 0 Å². The summed E-state index contributed by atoms with van der Waals surface area (Å²) >= 11 is 0. The largest absolute Gasteiger partial charge is 0.374 e. The second-order valence-electron chi connectivity index (χ2n) is 4.99. The van der Waals surface area contributed by atoms with E-state index in [1.165, 1.54) is 0 Å². The van der Waals surface area contributed by atoms with Gasteiger partial charge in [0, 0.05) is 6.00 Å². The van der Waals surface area contributed by atoms with Gasteiger partial charge in [0.15, 0.2) is 0 Å². The van der Waals surface area contributed by atoms with Crippen molar-refractivity contribution in [3.63, 3.8) is 0 Å². The topological polar surface area (TPSA) is 27.7 Å². The third-order valence-corrected chi connectivity index (χ3v) is 3.90. The van der Waals surface area contributed by atoms with Gasteiger partial charge in [0.1, 0.15) is 25.7 Å². The Balaban J connectivity index is 1.69. The van der Waals surface area contributed by atoms with Crippen LogP contribution < -0.4 is 0 Å². The molecular weight excluding hydrogens is 227 g/mol. The van der Waals surface area contributed by atoms with Crippen molar-refractivity contribution in [1.29, 1.82) is 0 Å². The highest BCUT2D eigenvalue weighted by molar-refractivity contribution is 6.11. The van der Waals surface area contributed by atoms with Crippen LogP contribution in [0.5, 0.6) is 0 Å². The van der Waals surface area contributed by atoms with Crippen molar-refractivity contribution in [1.82, 2.24) is 0 Å². The van der Waals surface area contributed by atoms with Crippen molar-refractivity contribution in [2.75, 3.05) is 6.61 Å². The van der Waals surface area contributed by atoms with Crippen molar-refractivity contribution >= 4 is 7.85 Å². The van der Waals surface area contributed by atoms with E-state index in [4.69, 9.17) is 22.1 Å². The molecule has 2 fully saturated rings. The number of ether oxygens (including phenoxy) is 3. The summed E-state index contributed by atoms with van der Waals surface area (Å²) in [5.41, 5.74) is 0.808. The Morgan fingerprint density at radius 3 is 2.83 bits per heavy atom. The predicted molar refractivity (Wildman–Crippen MR) is 68.4 cm³/mol. The van der Waals surface area contributed by atoms with Crippen LogP contribution in [-0.4, -0.2) is 38.3 Å². The lowest BCUT2D eigenvalue weighted by atomic mass is 9.90. The third kappa shape index (κ3) is 1.89. The first-order valence-corrected chi connectivity index (χ1v) is 6.46. The quantitative estimate of drug-likeness (QED) is 0.753. The van der Waals surface area contributed by atoms with Gasteiger partial charge in [-0.05, 0) is 12.0 Å². The first-order valence-electron chi connectivity index (χ1n) is 6.46. The second kappa shape index (κ2) is 4.69. The first-order chi connectivity index (χ1) is 8.75. The summed E-state index contributed by atoms with van der Waals surface area (Å²) < 4.78 is 17.5. The monoisotopic (exact) mass is 244 g/mol. The molecule has 94 valence electrons. The highest BCUT2D eigenvalue weighted by Crippen LogP contribution is 2.43. The summed E-state index contributed by atoms with van der Waals surface area (Å²) in [7, 11) is 5.91. The summed E-state index contributed by atoms with van der Waals surface area (Å²) in [6.45, 7) is 3.24. The summed E-state index contributed by atoms with van der Waals surface area (Å²) in [5, 5.41) is 0. The van der Waals surface area contributed by atoms with E-state index in [0.717, 1.165) is 12.0 Å². The molecule has 3 rings (SSSR count). The lowest BCUT2D eigenvalue weighted by Crippen LogP contribution is -2.41. The standard InChI is InChI=1S/C14H17BO3/c1-2-14-9-17-11(13(15)18-14)12(14)16-8-10-6-4-3-5-7-10/h3-7,11-13H,2,8-9H2,1H3/t11?,12-,13-,14+/m1/s1. The Labute approximate surface area is 109 Å². The van der Waals surface area contributed by atoms with E-state index in [2.05, 4.69) is 19.1 Å². The fourth-order valence-electron chi connectivity index (χ4n) is 2.81. The van der Waals surface area contributed by atoms with Gasteiger partial charge in [-0.2, -0.15) is 0 Å². The fraction of sp³-hybridized carbons (Fsp3) is 0.571. The Morgan fingerprint density at radius 2 is 2.17 bits per heavy atom. The van der Waals surface area contributed by atoms with Crippen LogP contribution in [-0.2, 0) is 20.8 Å². The predicted octanol–water partition coefficient (Wildman–Crippen LogP) is 1.64. The van der Waals surface area contributed by atoms with E-state index >= 15 is 0 Å². The van der Waals surface area contributed by atoms with E-state index in [0.29, 0.717) is 13.2 Å². The minimum atomic E-state index is -0.362. The molecular formula is C14H17BO3. The SMILES string of the molecule is [B][C@@H]1O[C@@]2(CC)COC1[C@H]2OCc1ccccc1. The maximum Gasteiger partial charge on any atom is 0.119 e. The molecule has 4 heteroatoms. The second-order valence-corrected chi connectivity index (χ2v) is 4.99. The summed E-state index contributed by atoms with van der Waals surface area (Å²) in [5.74, 6) is 0. The molecule has 2 aliphatic heterocycles. The molecule has 0 saturated carbocycles. The molecule has 3 nitrogen and oxygen atoms in total. The van der Waals surface area contributed by atoms with Gasteiger partial charge in [-0.1, -0.05) is 37.3 Å². The van der Waals surface area contributed by atoms with Crippen LogP contribution in [0.3, 0.4) is 0 Å². The van der Waals surface area contributed by atoms with Crippen LogP contribution >= 0.6 is 0 Å². The molecule has 0 spiro atoms. The Morgan fingerprint density at radius 1 is 1.39 bits per heavy atom. The number of rotatable bonds is 4. The van der Waals surface area contributed by atoms with Crippen LogP contribution in [0.1, 0.15) is 18.9 Å². The Bertz CT molecular complexity index is 411. The van der Waals surface area contributed by atoms with E-state index in [-0.39, 0.29) is 23.8 Å². The molecule has 18 heavy (non-hydrogen) atoms. The number of hydrogen-bond donors (Lipinski definition) is 0. The zero-order valence-electron chi connectivity index (χ0n) is 10.5. The highest BCUT2D eigenvalue weighted by Gasteiger charge is 2.59. The molecule has 2 saturated heterocycles. The van der Waals surface area contributed by atoms with Gasteiger partial charge in [0.25, 0.3) is 0 Å². The van der Waals surface area contributed by atoms with Crippen molar-refractivity contribution in [3.05, 3.63) is 35.9 Å². The molecule has 2 bridgehead atoms. The lowest BCUT2D eigenvalue weighted by Gasteiger charge is -2.29. The number of benzene rings is 1. The summed E-state index contributed by atoms with van der Waals surface area (Å²) in [6.07, 6.45) is 0.669. The van der Waals surface area contributed by atoms with Gasteiger partial charge < -0.3 is 14.2 Å². The van der Waals surface area contributed by atoms with Crippen LogP contribution in [0.15, 0.2) is 30.3 Å². The molecule has 0 amide bonds. The average molecular weight is 244 g/mol. The molecule has 1 unspecified atom stereocenters. The van der Waals surface area contributed by atoms with Crippen LogP contribution in [0.25, 0.3) is 0 Å². The van der Waals surface area contributed by atoms with Gasteiger partial charge >= 0.3 is 0 Å². The van der Waals surface area contributed by atoms with Gasteiger partial charge in [0.2, 0.25) is 0 Å². The fourth-order valence-corrected chi connectivity index (χ4v) is 2.81. The maximum atomic E-state index is 6.01. The molecule has 2 heterocycles. The van der Waals surface area contributed by atoms with E-state index in [1.807, 2.05) is 18.2 Å². The molecule has 2 aliphatic rings. The van der Waals surface area contributed by atoms with Crippen molar-refractivity contribution < 1.29 is 14.2 Å². The smallest absolute Gasteiger partial charge is 0.119 e. The van der Waals surface area contributed by atoms with Crippen LogP contribution in [0, 0.1) is 0 Å². The molecule has 1 aromatic rings.